The molecule has 0 aromatic heterocycles. The Morgan fingerprint density at radius 1 is 1.62 bits per heavy atom. The summed E-state index contributed by atoms with van der Waals surface area (Å²) in [4.78, 5) is 0. The Kier molecular flexibility index (Phi) is 1.52. The van der Waals surface area contributed by atoms with Gasteiger partial charge in [-0.25, -0.2) is 0 Å². The van der Waals surface area contributed by atoms with Crippen molar-refractivity contribution in [3.8, 4) is 12.3 Å². The van der Waals surface area contributed by atoms with E-state index in [4.69, 9.17) is 16.3 Å². The van der Waals surface area contributed by atoms with Gasteiger partial charge in [0.2, 0.25) is 0 Å². The highest BCUT2D eigenvalue weighted by Crippen LogP contribution is 2.10. The smallest absolute Gasteiger partial charge is 0.0933 e. The third kappa shape index (κ3) is 0.835. The molecule has 2 nitrogen and oxygen atoms in total. The number of aliphatic hydroxyl groups is 1. The van der Waals surface area contributed by atoms with Crippen LogP contribution in [-0.2, 0) is 4.74 Å². The van der Waals surface area contributed by atoms with E-state index in [9.17, 15) is 0 Å². The van der Waals surface area contributed by atoms with E-state index in [0.717, 1.165) is 0 Å². The molecular formula is C6H8O2. The van der Waals surface area contributed by atoms with Crippen LogP contribution in [0.25, 0.3) is 0 Å². The second kappa shape index (κ2) is 2.17. The molecule has 2 unspecified atom stereocenters. The van der Waals surface area contributed by atoms with E-state index < -0.39 is 6.10 Å². The zero-order valence-electron chi connectivity index (χ0n) is 4.50. The van der Waals surface area contributed by atoms with Crippen LogP contribution in [0.4, 0.5) is 0 Å². The van der Waals surface area contributed by atoms with Crippen molar-refractivity contribution in [2.75, 3.05) is 13.2 Å². The Balaban J connectivity index is 2.45. The number of rotatable bonds is 0. The molecular weight excluding hydrogens is 104 g/mol. The van der Waals surface area contributed by atoms with Gasteiger partial charge >= 0.3 is 0 Å². The van der Waals surface area contributed by atoms with Gasteiger partial charge in [-0.15, -0.1) is 6.42 Å². The summed E-state index contributed by atoms with van der Waals surface area (Å²) in [5.74, 6) is 2.36. The Hall–Kier alpha value is -0.520. The van der Waals surface area contributed by atoms with Crippen molar-refractivity contribution in [1.82, 2.24) is 0 Å². The first-order valence-corrected chi connectivity index (χ1v) is 2.56. The van der Waals surface area contributed by atoms with Gasteiger partial charge in [0.1, 0.15) is 0 Å². The van der Waals surface area contributed by atoms with E-state index in [-0.39, 0.29) is 5.92 Å². The SMILES string of the molecule is C#CC1COCC1O. The number of hydrogen-bond donors (Lipinski definition) is 1. The van der Waals surface area contributed by atoms with E-state index in [0.29, 0.717) is 13.2 Å². The van der Waals surface area contributed by atoms with Crippen LogP contribution in [0.2, 0.25) is 0 Å². The predicted octanol–water partition coefficient (Wildman–Crippen LogP) is -0.373. The van der Waals surface area contributed by atoms with Gasteiger partial charge in [0.05, 0.1) is 25.2 Å². The molecule has 2 atom stereocenters. The predicted molar refractivity (Wildman–Crippen MR) is 29.1 cm³/mol. The minimum atomic E-state index is -0.431. The zero-order chi connectivity index (χ0) is 5.98. The molecule has 1 saturated heterocycles. The maximum Gasteiger partial charge on any atom is 0.0933 e. The molecule has 0 bridgehead atoms. The lowest BCUT2D eigenvalue weighted by Crippen LogP contribution is -2.15. The first-order chi connectivity index (χ1) is 3.84. The molecule has 0 radical (unpaired) electrons. The van der Waals surface area contributed by atoms with Gasteiger partial charge in [-0.05, 0) is 0 Å². The summed E-state index contributed by atoms with van der Waals surface area (Å²) in [5, 5.41) is 8.92. The van der Waals surface area contributed by atoms with Crippen LogP contribution >= 0.6 is 0 Å². The second-order valence-electron chi connectivity index (χ2n) is 1.88. The van der Waals surface area contributed by atoms with E-state index >= 15 is 0 Å². The molecule has 0 aliphatic carbocycles. The Labute approximate surface area is 48.5 Å². The zero-order valence-corrected chi connectivity index (χ0v) is 4.50. The lowest BCUT2D eigenvalue weighted by Gasteiger charge is -2.00. The fourth-order valence-corrected chi connectivity index (χ4v) is 0.702. The van der Waals surface area contributed by atoms with Crippen molar-refractivity contribution in [3.63, 3.8) is 0 Å². The number of hydrogen-bond acceptors (Lipinski definition) is 2. The standard InChI is InChI=1S/C6H8O2/c1-2-5-3-8-4-6(5)7/h1,5-7H,3-4H2. The first kappa shape index (κ1) is 5.61. The number of terminal acetylenes is 1. The summed E-state index contributed by atoms with van der Waals surface area (Å²) in [7, 11) is 0. The second-order valence-corrected chi connectivity index (χ2v) is 1.88. The molecule has 2 heteroatoms. The van der Waals surface area contributed by atoms with E-state index in [1.165, 1.54) is 0 Å². The molecule has 0 aromatic rings. The molecule has 0 amide bonds. The summed E-state index contributed by atoms with van der Waals surface area (Å²) in [6.45, 7) is 0.909. The fourth-order valence-electron chi connectivity index (χ4n) is 0.702. The molecule has 0 saturated carbocycles. The average Bonchev–Trinajstić information content (AvgIpc) is 2.14. The molecule has 1 heterocycles. The van der Waals surface area contributed by atoms with Crippen LogP contribution in [0.1, 0.15) is 0 Å². The molecule has 1 rings (SSSR count). The van der Waals surface area contributed by atoms with Crippen molar-refractivity contribution >= 4 is 0 Å². The molecule has 1 fully saturated rings. The Morgan fingerprint density at radius 2 is 2.38 bits per heavy atom. The number of ether oxygens (including phenoxy) is 1. The Morgan fingerprint density at radius 3 is 2.62 bits per heavy atom. The summed E-state index contributed by atoms with van der Waals surface area (Å²) in [6.07, 6.45) is 4.60. The fraction of sp³-hybridized carbons (Fsp3) is 0.667. The molecule has 0 spiro atoms. The largest absolute Gasteiger partial charge is 0.389 e. The summed E-state index contributed by atoms with van der Waals surface area (Å²) in [5.41, 5.74) is 0. The summed E-state index contributed by atoms with van der Waals surface area (Å²) >= 11 is 0. The van der Waals surface area contributed by atoms with Crippen LogP contribution < -0.4 is 0 Å². The third-order valence-electron chi connectivity index (χ3n) is 1.26. The highest BCUT2D eigenvalue weighted by molar-refractivity contribution is 4.98. The Bertz CT molecular complexity index is 114. The van der Waals surface area contributed by atoms with Crippen LogP contribution in [-0.4, -0.2) is 24.4 Å². The van der Waals surface area contributed by atoms with Crippen molar-refractivity contribution in [2.24, 2.45) is 5.92 Å². The molecule has 0 aromatic carbocycles. The van der Waals surface area contributed by atoms with E-state index in [1.54, 1.807) is 0 Å². The molecule has 1 aliphatic rings. The van der Waals surface area contributed by atoms with Crippen LogP contribution in [0.3, 0.4) is 0 Å². The topological polar surface area (TPSA) is 29.5 Å². The van der Waals surface area contributed by atoms with Gasteiger partial charge in [0.25, 0.3) is 0 Å². The van der Waals surface area contributed by atoms with Crippen molar-refractivity contribution in [2.45, 2.75) is 6.10 Å². The molecule has 44 valence electrons. The average molecular weight is 112 g/mol. The molecule has 8 heavy (non-hydrogen) atoms. The summed E-state index contributed by atoms with van der Waals surface area (Å²) < 4.78 is 4.87. The minimum Gasteiger partial charge on any atom is -0.389 e. The van der Waals surface area contributed by atoms with Gasteiger partial charge in [0.15, 0.2) is 0 Å². The maximum atomic E-state index is 8.92. The van der Waals surface area contributed by atoms with Gasteiger partial charge in [-0.3, -0.25) is 0 Å². The number of aliphatic hydroxyl groups excluding tert-OH is 1. The van der Waals surface area contributed by atoms with Crippen LogP contribution in [0, 0.1) is 18.3 Å². The molecule has 1 N–H and O–H groups in total. The first-order valence-electron chi connectivity index (χ1n) is 2.56. The maximum absolute atomic E-state index is 8.92. The van der Waals surface area contributed by atoms with Gasteiger partial charge in [-0.1, -0.05) is 5.92 Å². The van der Waals surface area contributed by atoms with Crippen molar-refractivity contribution in [3.05, 3.63) is 0 Å². The normalized spacial score (nSPS) is 37.0. The van der Waals surface area contributed by atoms with Crippen LogP contribution in [0.15, 0.2) is 0 Å². The van der Waals surface area contributed by atoms with Gasteiger partial charge in [0, 0.05) is 0 Å². The monoisotopic (exact) mass is 112 g/mol. The van der Waals surface area contributed by atoms with E-state index in [2.05, 4.69) is 5.92 Å². The van der Waals surface area contributed by atoms with Gasteiger partial charge in [-0.2, -0.15) is 0 Å². The van der Waals surface area contributed by atoms with Crippen molar-refractivity contribution < 1.29 is 9.84 Å². The highest BCUT2D eigenvalue weighted by atomic mass is 16.5. The minimum absolute atomic E-state index is 0.0741. The lowest BCUT2D eigenvalue weighted by molar-refractivity contribution is 0.123. The molecule has 1 aliphatic heterocycles. The summed E-state index contributed by atoms with van der Waals surface area (Å²) in [6, 6.07) is 0. The van der Waals surface area contributed by atoms with Gasteiger partial charge < -0.3 is 9.84 Å². The highest BCUT2D eigenvalue weighted by Gasteiger charge is 2.23. The van der Waals surface area contributed by atoms with Crippen molar-refractivity contribution in [1.29, 1.82) is 0 Å². The lowest BCUT2D eigenvalue weighted by atomic mass is 10.1. The van der Waals surface area contributed by atoms with E-state index in [1.807, 2.05) is 0 Å². The van der Waals surface area contributed by atoms with Crippen LogP contribution in [0.5, 0.6) is 0 Å². The quantitative estimate of drug-likeness (QED) is 0.433. The third-order valence-corrected chi connectivity index (χ3v) is 1.26.